The zero-order chi connectivity index (χ0) is 28.3. The molecule has 3 aromatic carbocycles. The highest BCUT2D eigenvalue weighted by atomic mass is 35.5. The van der Waals surface area contributed by atoms with Crippen molar-refractivity contribution in [3.05, 3.63) is 111 Å². The molecule has 0 bridgehead atoms. The van der Waals surface area contributed by atoms with Crippen LogP contribution in [0.3, 0.4) is 0 Å². The lowest BCUT2D eigenvalue weighted by Gasteiger charge is -2.19. The largest absolute Gasteiger partial charge is 0.361 e. The van der Waals surface area contributed by atoms with Crippen LogP contribution in [0.5, 0.6) is 0 Å². The Morgan fingerprint density at radius 1 is 0.925 bits per heavy atom. The fourth-order valence-electron chi connectivity index (χ4n) is 4.15. The molecule has 0 fully saturated rings. The van der Waals surface area contributed by atoms with Gasteiger partial charge in [0.05, 0.1) is 15.6 Å². The summed E-state index contributed by atoms with van der Waals surface area (Å²) >= 11 is 13.5. The number of nitrogens with one attached hydrogen (secondary N) is 4. The van der Waals surface area contributed by atoms with Crippen LogP contribution in [0.15, 0.2) is 95.3 Å². The minimum absolute atomic E-state index is 0.0335. The predicted octanol–water partition coefficient (Wildman–Crippen LogP) is 6.32. The van der Waals surface area contributed by atoms with E-state index in [1.165, 1.54) is 35.6 Å². The number of halogens is 2. The highest BCUT2D eigenvalue weighted by Crippen LogP contribution is 2.28. The SMILES string of the molecule is O=C(N[C@H](Cc1c[nH]c2ccccc12)C(=O)Nc1ccc(Cl)c(S(=O)(=O)Nc2cccc(Cl)c2)c1)c1cccs1. The van der Waals surface area contributed by atoms with E-state index in [-0.39, 0.29) is 33.6 Å². The smallest absolute Gasteiger partial charge is 0.263 e. The van der Waals surface area contributed by atoms with E-state index in [0.717, 1.165) is 16.5 Å². The second-order valence-corrected chi connectivity index (χ2v) is 12.3. The first-order chi connectivity index (χ1) is 19.2. The molecule has 0 aliphatic carbocycles. The van der Waals surface area contributed by atoms with Gasteiger partial charge in [0.15, 0.2) is 0 Å². The summed E-state index contributed by atoms with van der Waals surface area (Å²) in [4.78, 5) is 29.8. The number of carbonyl (C=O) groups is 2. The summed E-state index contributed by atoms with van der Waals surface area (Å²) in [6, 6.07) is 20.5. The van der Waals surface area contributed by atoms with Gasteiger partial charge >= 0.3 is 0 Å². The molecule has 5 aromatic rings. The molecule has 0 unspecified atom stereocenters. The van der Waals surface area contributed by atoms with Gasteiger partial charge < -0.3 is 15.6 Å². The Balaban J connectivity index is 1.40. The van der Waals surface area contributed by atoms with Crippen molar-refractivity contribution in [1.82, 2.24) is 10.3 Å². The molecular weight excluding hydrogens is 591 g/mol. The first kappa shape index (κ1) is 27.7. The first-order valence-electron chi connectivity index (χ1n) is 12.0. The fourth-order valence-corrected chi connectivity index (χ4v) is 6.54. The van der Waals surface area contributed by atoms with Crippen molar-refractivity contribution in [2.24, 2.45) is 0 Å². The minimum atomic E-state index is -4.12. The van der Waals surface area contributed by atoms with Crippen LogP contribution >= 0.6 is 34.5 Å². The van der Waals surface area contributed by atoms with E-state index in [1.807, 2.05) is 24.3 Å². The third-order valence-corrected chi connectivity index (χ3v) is 9.00. The molecule has 2 heterocycles. The first-order valence-corrected chi connectivity index (χ1v) is 15.1. The number of H-pyrrole nitrogens is 1. The Morgan fingerprint density at radius 2 is 1.75 bits per heavy atom. The summed E-state index contributed by atoms with van der Waals surface area (Å²) in [5, 5.41) is 8.58. The number of anilines is 2. The van der Waals surface area contributed by atoms with Crippen molar-refractivity contribution < 1.29 is 18.0 Å². The molecule has 2 amide bonds. The second kappa shape index (κ2) is 11.7. The summed E-state index contributed by atoms with van der Waals surface area (Å²) in [5.74, 6) is -0.913. The van der Waals surface area contributed by atoms with E-state index in [2.05, 4.69) is 20.3 Å². The number of benzene rings is 3. The maximum atomic E-state index is 13.5. The number of carbonyl (C=O) groups excluding carboxylic acids is 2. The van der Waals surface area contributed by atoms with Gasteiger partial charge in [-0.25, -0.2) is 8.42 Å². The molecule has 0 spiro atoms. The van der Waals surface area contributed by atoms with Crippen LogP contribution in [0, 0.1) is 0 Å². The number of sulfonamides is 1. The molecule has 40 heavy (non-hydrogen) atoms. The van der Waals surface area contributed by atoms with E-state index in [4.69, 9.17) is 23.2 Å². The van der Waals surface area contributed by atoms with E-state index < -0.39 is 22.0 Å². The number of amides is 2. The summed E-state index contributed by atoms with van der Waals surface area (Å²) in [7, 11) is -4.12. The maximum Gasteiger partial charge on any atom is 0.263 e. The quantitative estimate of drug-likeness (QED) is 0.156. The van der Waals surface area contributed by atoms with E-state index in [9.17, 15) is 18.0 Å². The van der Waals surface area contributed by atoms with E-state index >= 15 is 0 Å². The molecule has 1 atom stereocenters. The van der Waals surface area contributed by atoms with Gasteiger partial charge in [-0.1, -0.05) is 53.5 Å². The molecule has 0 saturated carbocycles. The second-order valence-electron chi connectivity index (χ2n) is 8.82. The fraction of sp³-hybridized carbons (Fsp3) is 0.0714. The molecule has 0 radical (unpaired) electrons. The molecule has 0 aliphatic rings. The minimum Gasteiger partial charge on any atom is -0.361 e. The number of aromatic amines is 1. The maximum absolute atomic E-state index is 13.5. The lowest BCUT2D eigenvalue weighted by atomic mass is 10.0. The molecule has 5 rings (SSSR count). The number of aromatic nitrogens is 1. The Morgan fingerprint density at radius 3 is 2.52 bits per heavy atom. The van der Waals surface area contributed by atoms with Crippen LogP contribution in [0.25, 0.3) is 10.9 Å². The van der Waals surface area contributed by atoms with Crippen molar-refractivity contribution in [3.8, 4) is 0 Å². The molecule has 0 aliphatic heterocycles. The topological polar surface area (TPSA) is 120 Å². The molecule has 4 N–H and O–H groups in total. The number of rotatable bonds is 9. The van der Waals surface area contributed by atoms with Crippen molar-refractivity contribution in [2.45, 2.75) is 17.4 Å². The molecule has 0 saturated heterocycles. The zero-order valence-electron chi connectivity index (χ0n) is 20.7. The molecule has 204 valence electrons. The van der Waals surface area contributed by atoms with Gasteiger partial charge in [0.1, 0.15) is 10.9 Å². The van der Waals surface area contributed by atoms with Crippen LogP contribution < -0.4 is 15.4 Å². The van der Waals surface area contributed by atoms with Crippen LogP contribution in [-0.4, -0.2) is 31.3 Å². The van der Waals surface area contributed by atoms with E-state index in [1.54, 1.807) is 41.9 Å². The number of hydrogen-bond donors (Lipinski definition) is 4. The van der Waals surface area contributed by atoms with Crippen LogP contribution in [0.2, 0.25) is 10.0 Å². The molecule has 12 heteroatoms. The van der Waals surface area contributed by atoms with Crippen LogP contribution in [0.1, 0.15) is 15.2 Å². The van der Waals surface area contributed by atoms with Crippen molar-refractivity contribution in [1.29, 1.82) is 0 Å². The number of fused-ring (bicyclic) bond motifs is 1. The lowest BCUT2D eigenvalue weighted by molar-refractivity contribution is -0.118. The van der Waals surface area contributed by atoms with Gasteiger partial charge in [-0.15, -0.1) is 11.3 Å². The number of thiophene rings is 1. The van der Waals surface area contributed by atoms with Crippen molar-refractivity contribution in [2.75, 3.05) is 10.0 Å². The van der Waals surface area contributed by atoms with Crippen LogP contribution in [0.4, 0.5) is 11.4 Å². The van der Waals surface area contributed by atoms with Gasteiger partial charge in [-0.2, -0.15) is 0 Å². The molecular formula is C28H22Cl2N4O4S2. The number of para-hydroxylation sites is 1. The Bertz CT molecular complexity index is 1800. The van der Waals surface area contributed by atoms with Crippen molar-refractivity contribution in [3.63, 3.8) is 0 Å². The van der Waals surface area contributed by atoms with Gasteiger partial charge in [-0.3, -0.25) is 14.3 Å². The molecule has 8 nitrogen and oxygen atoms in total. The average molecular weight is 614 g/mol. The van der Waals surface area contributed by atoms with E-state index in [0.29, 0.717) is 9.90 Å². The zero-order valence-corrected chi connectivity index (χ0v) is 23.8. The summed E-state index contributed by atoms with van der Waals surface area (Å²) in [5.41, 5.74) is 2.19. The summed E-state index contributed by atoms with van der Waals surface area (Å²) in [6.45, 7) is 0. The normalized spacial score (nSPS) is 12.2. The summed E-state index contributed by atoms with van der Waals surface area (Å²) < 4.78 is 28.7. The average Bonchev–Trinajstić information content (AvgIpc) is 3.60. The van der Waals surface area contributed by atoms with Gasteiger partial charge in [-0.05, 0) is 59.5 Å². The standard InChI is InChI=1S/C28H22Cl2N4O4S2/c29-18-5-3-6-20(14-18)34-40(37,38)26-15-19(10-11-22(26)30)32-27(35)24(33-28(36)25-9-4-12-39-25)13-17-16-31-23-8-2-1-7-21(17)23/h1-12,14-16,24,31,34H,13H2,(H,32,35)(H,33,36)/t24-/m1/s1. The molecule has 2 aromatic heterocycles. The highest BCUT2D eigenvalue weighted by molar-refractivity contribution is 7.92. The van der Waals surface area contributed by atoms with Gasteiger partial charge in [0.25, 0.3) is 15.9 Å². The van der Waals surface area contributed by atoms with Crippen molar-refractivity contribution >= 4 is 78.7 Å². The number of hydrogen-bond acceptors (Lipinski definition) is 5. The lowest BCUT2D eigenvalue weighted by Crippen LogP contribution is -2.45. The Hall–Kier alpha value is -3.83. The van der Waals surface area contributed by atoms with Gasteiger partial charge in [0, 0.05) is 34.2 Å². The summed E-state index contributed by atoms with van der Waals surface area (Å²) in [6.07, 6.45) is 2.00. The van der Waals surface area contributed by atoms with Crippen LogP contribution in [-0.2, 0) is 21.2 Å². The highest BCUT2D eigenvalue weighted by Gasteiger charge is 2.25. The van der Waals surface area contributed by atoms with Gasteiger partial charge in [0.2, 0.25) is 5.91 Å². The monoisotopic (exact) mass is 612 g/mol. The predicted molar refractivity (Wildman–Crippen MR) is 160 cm³/mol. The third-order valence-electron chi connectivity index (χ3n) is 6.03. The third kappa shape index (κ3) is 6.31. The Kier molecular flexibility index (Phi) is 8.13. The Labute approximate surface area is 244 Å².